The number of aromatic nitrogens is 1. The summed E-state index contributed by atoms with van der Waals surface area (Å²) < 4.78 is 0. The lowest BCUT2D eigenvalue weighted by atomic mass is 10.3. The predicted octanol–water partition coefficient (Wildman–Crippen LogP) is 4.07. The molecule has 0 bridgehead atoms. The quantitative estimate of drug-likeness (QED) is 0.895. The van der Waals surface area contributed by atoms with E-state index >= 15 is 0 Å². The van der Waals surface area contributed by atoms with Crippen molar-refractivity contribution in [1.82, 2.24) is 4.98 Å². The summed E-state index contributed by atoms with van der Waals surface area (Å²) in [5.41, 5.74) is 1.69. The highest BCUT2D eigenvalue weighted by Crippen LogP contribution is 2.25. The molecular formula is C14H13Cl2N3O. The van der Waals surface area contributed by atoms with E-state index in [9.17, 15) is 4.79 Å². The van der Waals surface area contributed by atoms with Gasteiger partial charge in [0.15, 0.2) is 0 Å². The lowest BCUT2D eigenvalue weighted by Crippen LogP contribution is -2.14. The van der Waals surface area contributed by atoms with E-state index in [0.29, 0.717) is 21.4 Å². The summed E-state index contributed by atoms with van der Waals surface area (Å²) in [5.74, 6) is -0.322. The molecule has 0 aliphatic carbocycles. The summed E-state index contributed by atoms with van der Waals surface area (Å²) in [6.45, 7) is 2.79. The summed E-state index contributed by atoms with van der Waals surface area (Å²) in [4.78, 5) is 16.1. The van der Waals surface area contributed by atoms with Gasteiger partial charge in [0, 0.05) is 11.6 Å². The number of nitrogens with zero attached hydrogens (tertiary/aromatic N) is 1. The van der Waals surface area contributed by atoms with Gasteiger partial charge in [-0.15, -0.1) is 0 Å². The molecule has 0 radical (unpaired) electrons. The zero-order valence-electron chi connectivity index (χ0n) is 10.8. The Hall–Kier alpha value is -1.78. The molecule has 1 amide bonds. The van der Waals surface area contributed by atoms with Crippen LogP contribution in [0.2, 0.25) is 10.0 Å². The average Bonchev–Trinajstić information content (AvgIpc) is 2.43. The Kier molecular flexibility index (Phi) is 4.82. The van der Waals surface area contributed by atoms with Crippen molar-refractivity contribution >= 4 is 40.5 Å². The van der Waals surface area contributed by atoms with Crippen LogP contribution >= 0.6 is 23.2 Å². The van der Waals surface area contributed by atoms with E-state index < -0.39 is 0 Å². The number of anilines is 2. The monoisotopic (exact) mass is 309 g/mol. The molecule has 4 nitrogen and oxygen atoms in total. The van der Waals surface area contributed by atoms with Crippen LogP contribution in [0.3, 0.4) is 0 Å². The van der Waals surface area contributed by atoms with Gasteiger partial charge in [0.25, 0.3) is 5.91 Å². The minimum Gasteiger partial charge on any atom is -0.384 e. The second kappa shape index (κ2) is 6.59. The summed E-state index contributed by atoms with van der Waals surface area (Å²) in [7, 11) is 0. The number of rotatable bonds is 4. The number of hydrogen-bond donors (Lipinski definition) is 2. The lowest BCUT2D eigenvalue weighted by molar-refractivity contribution is 0.102. The van der Waals surface area contributed by atoms with Gasteiger partial charge in [-0.3, -0.25) is 4.79 Å². The first-order valence-electron chi connectivity index (χ1n) is 6.06. The molecule has 0 atom stereocenters. The Balaban J connectivity index is 2.11. The Labute approximate surface area is 127 Å². The zero-order chi connectivity index (χ0) is 14.5. The fourth-order valence-electron chi connectivity index (χ4n) is 1.61. The van der Waals surface area contributed by atoms with Crippen LogP contribution in [0.4, 0.5) is 11.4 Å². The van der Waals surface area contributed by atoms with E-state index in [0.717, 1.165) is 12.2 Å². The normalized spacial score (nSPS) is 10.2. The molecular weight excluding hydrogens is 297 g/mol. The molecule has 0 aliphatic heterocycles. The van der Waals surface area contributed by atoms with Crippen molar-refractivity contribution in [2.75, 3.05) is 17.2 Å². The molecule has 0 fully saturated rings. The molecule has 0 unspecified atom stereocenters. The molecule has 1 aromatic heterocycles. The second-order valence-corrected chi connectivity index (χ2v) is 4.88. The summed E-state index contributed by atoms with van der Waals surface area (Å²) in [5, 5.41) is 6.70. The van der Waals surface area contributed by atoms with E-state index in [-0.39, 0.29) is 5.91 Å². The Morgan fingerprint density at radius 3 is 2.65 bits per heavy atom. The first-order valence-corrected chi connectivity index (χ1v) is 6.82. The van der Waals surface area contributed by atoms with Crippen molar-refractivity contribution in [3.05, 3.63) is 52.3 Å². The first kappa shape index (κ1) is 14.6. The Bertz CT molecular complexity index is 614. The third kappa shape index (κ3) is 3.62. The van der Waals surface area contributed by atoms with Crippen LogP contribution in [-0.2, 0) is 0 Å². The number of carbonyl (C=O) groups excluding carboxylic acids is 1. The highest BCUT2D eigenvalue weighted by molar-refractivity contribution is 6.36. The number of nitrogens with one attached hydrogen (secondary N) is 2. The molecule has 0 spiro atoms. The van der Waals surface area contributed by atoms with Gasteiger partial charge in [-0.05, 0) is 37.3 Å². The molecule has 2 aromatic rings. The molecule has 2 rings (SSSR count). The van der Waals surface area contributed by atoms with Crippen LogP contribution in [0, 0.1) is 0 Å². The van der Waals surface area contributed by atoms with E-state index in [2.05, 4.69) is 15.6 Å². The molecule has 104 valence electrons. The fourth-order valence-corrected chi connectivity index (χ4v) is 2.07. The lowest BCUT2D eigenvalue weighted by Gasteiger charge is -2.08. The Morgan fingerprint density at radius 2 is 2.05 bits per heavy atom. The molecule has 6 heteroatoms. The summed E-state index contributed by atoms with van der Waals surface area (Å²) in [6.07, 6.45) is 1.61. The minimum atomic E-state index is -0.322. The van der Waals surface area contributed by atoms with Gasteiger partial charge in [-0.2, -0.15) is 0 Å². The van der Waals surface area contributed by atoms with Crippen LogP contribution in [0.5, 0.6) is 0 Å². The Morgan fingerprint density at radius 1 is 1.25 bits per heavy atom. The zero-order valence-corrected chi connectivity index (χ0v) is 12.3. The smallest absolute Gasteiger partial charge is 0.274 e. The SMILES string of the molecule is CCNc1ccc(C(=O)Nc2ccc(Cl)cc2Cl)nc1. The standard InChI is InChI=1S/C14H13Cl2N3O/c1-2-17-10-4-6-13(18-8-10)14(20)19-12-5-3-9(15)7-11(12)16/h3-8,17H,2H2,1H3,(H,19,20). The number of carbonyl (C=O) groups is 1. The molecule has 1 aromatic carbocycles. The van der Waals surface area contributed by atoms with Crippen LogP contribution in [0.1, 0.15) is 17.4 Å². The van der Waals surface area contributed by atoms with Gasteiger partial charge >= 0.3 is 0 Å². The van der Waals surface area contributed by atoms with Crippen molar-refractivity contribution in [3.8, 4) is 0 Å². The highest BCUT2D eigenvalue weighted by Gasteiger charge is 2.10. The maximum Gasteiger partial charge on any atom is 0.274 e. The van der Waals surface area contributed by atoms with Crippen LogP contribution in [-0.4, -0.2) is 17.4 Å². The number of pyridine rings is 1. The largest absolute Gasteiger partial charge is 0.384 e. The van der Waals surface area contributed by atoms with Crippen molar-refractivity contribution in [2.45, 2.75) is 6.92 Å². The number of amides is 1. The number of hydrogen-bond acceptors (Lipinski definition) is 3. The van der Waals surface area contributed by atoms with Gasteiger partial charge in [0.1, 0.15) is 5.69 Å². The molecule has 0 saturated heterocycles. The second-order valence-electron chi connectivity index (χ2n) is 4.04. The van der Waals surface area contributed by atoms with Gasteiger partial charge < -0.3 is 10.6 Å². The van der Waals surface area contributed by atoms with E-state index in [4.69, 9.17) is 23.2 Å². The summed E-state index contributed by atoms with van der Waals surface area (Å²) in [6, 6.07) is 8.33. The van der Waals surface area contributed by atoms with Crippen LogP contribution in [0.15, 0.2) is 36.5 Å². The van der Waals surface area contributed by atoms with E-state index in [1.807, 2.05) is 6.92 Å². The van der Waals surface area contributed by atoms with E-state index in [1.165, 1.54) is 0 Å². The fraction of sp³-hybridized carbons (Fsp3) is 0.143. The molecule has 1 heterocycles. The minimum absolute atomic E-state index is 0.317. The van der Waals surface area contributed by atoms with Gasteiger partial charge in [0.2, 0.25) is 0 Å². The summed E-state index contributed by atoms with van der Waals surface area (Å²) >= 11 is 11.8. The van der Waals surface area contributed by atoms with Crippen LogP contribution in [0.25, 0.3) is 0 Å². The average molecular weight is 310 g/mol. The van der Waals surface area contributed by atoms with Crippen molar-refractivity contribution in [2.24, 2.45) is 0 Å². The molecule has 0 saturated carbocycles. The topological polar surface area (TPSA) is 54.0 Å². The van der Waals surface area contributed by atoms with Crippen molar-refractivity contribution in [1.29, 1.82) is 0 Å². The molecule has 20 heavy (non-hydrogen) atoms. The predicted molar refractivity (Wildman–Crippen MR) is 82.8 cm³/mol. The van der Waals surface area contributed by atoms with Gasteiger partial charge in [-0.25, -0.2) is 4.98 Å². The maximum absolute atomic E-state index is 12.0. The third-order valence-corrected chi connectivity index (χ3v) is 3.10. The maximum atomic E-state index is 12.0. The third-order valence-electron chi connectivity index (χ3n) is 2.56. The molecule has 2 N–H and O–H groups in total. The van der Waals surface area contributed by atoms with Crippen molar-refractivity contribution in [3.63, 3.8) is 0 Å². The van der Waals surface area contributed by atoms with Gasteiger partial charge in [0.05, 0.1) is 22.6 Å². The van der Waals surface area contributed by atoms with E-state index in [1.54, 1.807) is 36.5 Å². The first-order chi connectivity index (χ1) is 9.60. The number of benzene rings is 1. The van der Waals surface area contributed by atoms with Crippen molar-refractivity contribution < 1.29 is 4.79 Å². The number of halogens is 2. The van der Waals surface area contributed by atoms with Gasteiger partial charge in [-0.1, -0.05) is 23.2 Å². The van der Waals surface area contributed by atoms with Crippen LogP contribution < -0.4 is 10.6 Å². The highest BCUT2D eigenvalue weighted by atomic mass is 35.5. The molecule has 0 aliphatic rings.